The van der Waals surface area contributed by atoms with Crippen LogP contribution in [0.2, 0.25) is 0 Å². The molecule has 1 aliphatic heterocycles. The summed E-state index contributed by atoms with van der Waals surface area (Å²) in [7, 11) is 0. The van der Waals surface area contributed by atoms with Crippen molar-refractivity contribution in [3.63, 3.8) is 0 Å². The van der Waals surface area contributed by atoms with E-state index in [0.29, 0.717) is 24.6 Å². The summed E-state index contributed by atoms with van der Waals surface area (Å²) in [6.45, 7) is 4.40. The molecule has 1 saturated heterocycles. The molecule has 3 aromatic heterocycles. The van der Waals surface area contributed by atoms with Crippen LogP contribution in [0.5, 0.6) is 6.01 Å². The van der Waals surface area contributed by atoms with Crippen LogP contribution < -0.4 is 10.5 Å². The fourth-order valence-corrected chi connectivity index (χ4v) is 4.21. The minimum Gasteiger partial charge on any atom is -0.458 e. The van der Waals surface area contributed by atoms with Gasteiger partial charge in [0.25, 0.3) is 0 Å². The Morgan fingerprint density at radius 2 is 1.77 bits per heavy atom. The van der Waals surface area contributed by atoms with Crippen molar-refractivity contribution in [3.05, 3.63) is 58.2 Å². The highest BCUT2D eigenvalue weighted by Crippen LogP contribution is 2.22. The maximum Gasteiger partial charge on any atom is 0.320 e. The van der Waals surface area contributed by atoms with Gasteiger partial charge in [-0.1, -0.05) is 24.3 Å². The Morgan fingerprint density at radius 3 is 2.50 bits per heavy atom. The third-order valence-electron chi connectivity index (χ3n) is 5.29. The smallest absolute Gasteiger partial charge is 0.320 e. The molecule has 0 unspecified atom stereocenters. The van der Waals surface area contributed by atoms with E-state index >= 15 is 0 Å². The Bertz CT molecular complexity index is 1120. The van der Waals surface area contributed by atoms with Crippen molar-refractivity contribution in [1.29, 1.82) is 0 Å². The molecule has 0 amide bonds. The minimum atomic E-state index is 0.246. The van der Waals surface area contributed by atoms with E-state index in [1.165, 1.54) is 42.8 Å². The third kappa shape index (κ3) is 4.12. The number of anilines is 1. The van der Waals surface area contributed by atoms with Crippen molar-refractivity contribution >= 4 is 28.2 Å². The number of benzene rings is 1. The molecule has 0 saturated carbocycles. The Hall–Kier alpha value is -3.04. The summed E-state index contributed by atoms with van der Waals surface area (Å²) in [4.78, 5) is 16.3. The molecule has 2 N–H and O–H groups in total. The first-order chi connectivity index (χ1) is 14.7. The largest absolute Gasteiger partial charge is 0.458 e. The lowest BCUT2D eigenvalue weighted by Crippen LogP contribution is -2.18. The van der Waals surface area contributed by atoms with E-state index in [9.17, 15) is 0 Å². The van der Waals surface area contributed by atoms with Crippen LogP contribution in [0.25, 0.3) is 11.0 Å². The van der Waals surface area contributed by atoms with Crippen LogP contribution in [-0.2, 0) is 19.7 Å². The van der Waals surface area contributed by atoms with E-state index < -0.39 is 0 Å². The van der Waals surface area contributed by atoms with Gasteiger partial charge in [0.1, 0.15) is 12.4 Å². The quantitative estimate of drug-likeness (QED) is 0.490. The first kappa shape index (κ1) is 19.0. The van der Waals surface area contributed by atoms with Gasteiger partial charge >= 0.3 is 6.01 Å². The van der Waals surface area contributed by atoms with Crippen molar-refractivity contribution in [1.82, 2.24) is 29.6 Å². The summed E-state index contributed by atoms with van der Waals surface area (Å²) in [6.07, 6.45) is 6.10. The highest BCUT2D eigenvalue weighted by molar-refractivity contribution is 7.09. The molecule has 5 rings (SSSR count). The van der Waals surface area contributed by atoms with Gasteiger partial charge in [-0.05, 0) is 37.1 Å². The number of aromatic nitrogens is 5. The number of thiazole rings is 1. The van der Waals surface area contributed by atoms with E-state index in [0.717, 1.165) is 22.4 Å². The second-order valence-corrected chi connectivity index (χ2v) is 8.46. The second kappa shape index (κ2) is 8.37. The standard InChI is InChI=1S/C21H23N7OS/c22-19-18-10-24-28(20(18)26-21(25-19)29-13-17-9-23-14-30-17)12-16-5-3-15(4-6-16)11-27-7-1-2-8-27/h3-6,9-10,14H,1-2,7-8,11-13H2,(H2,22,25,26). The first-order valence-electron chi connectivity index (χ1n) is 10.0. The summed E-state index contributed by atoms with van der Waals surface area (Å²) >= 11 is 1.52. The van der Waals surface area contributed by atoms with Crippen molar-refractivity contribution in [2.24, 2.45) is 0 Å². The molecular weight excluding hydrogens is 398 g/mol. The van der Waals surface area contributed by atoms with Gasteiger partial charge in [0.05, 0.1) is 28.5 Å². The van der Waals surface area contributed by atoms with Crippen molar-refractivity contribution in [3.8, 4) is 6.01 Å². The molecule has 0 atom stereocenters. The number of nitrogens with zero attached hydrogens (tertiary/aromatic N) is 6. The van der Waals surface area contributed by atoms with Crippen LogP contribution in [0.3, 0.4) is 0 Å². The van der Waals surface area contributed by atoms with Crippen LogP contribution >= 0.6 is 11.3 Å². The van der Waals surface area contributed by atoms with E-state index in [4.69, 9.17) is 10.5 Å². The summed E-state index contributed by atoms with van der Waals surface area (Å²) in [5, 5.41) is 5.20. The maximum absolute atomic E-state index is 6.11. The second-order valence-electron chi connectivity index (χ2n) is 7.49. The molecule has 0 radical (unpaired) electrons. The molecule has 4 aromatic rings. The highest BCUT2D eigenvalue weighted by atomic mass is 32.1. The number of likely N-dealkylation sites (tertiary alicyclic amines) is 1. The van der Waals surface area contributed by atoms with Crippen LogP contribution in [0.4, 0.5) is 5.82 Å². The molecule has 0 aliphatic carbocycles. The van der Waals surface area contributed by atoms with Gasteiger partial charge in [-0.25, -0.2) is 4.68 Å². The molecular formula is C21H23N7OS. The molecule has 30 heavy (non-hydrogen) atoms. The van der Waals surface area contributed by atoms with Crippen LogP contribution in [0.15, 0.2) is 42.2 Å². The van der Waals surface area contributed by atoms with E-state index in [-0.39, 0.29) is 6.01 Å². The Labute approximate surface area is 178 Å². The molecule has 8 nitrogen and oxygen atoms in total. The number of ether oxygens (including phenoxy) is 1. The van der Waals surface area contributed by atoms with Gasteiger partial charge < -0.3 is 10.5 Å². The van der Waals surface area contributed by atoms with Gasteiger partial charge in [-0.15, -0.1) is 11.3 Å². The van der Waals surface area contributed by atoms with E-state index in [1.54, 1.807) is 17.9 Å². The van der Waals surface area contributed by atoms with Crippen molar-refractivity contribution < 1.29 is 4.74 Å². The summed E-state index contributed by atoms with van der Waals surface area (Å²) in [5.74, 6) is 0.367. The zero-order valence-electron chi connectivity index (χ0n) is 16.6. The highest BCUT2D eigenvalue weighted by Gasteiger charge is 2.14. The molecule has 9 heteroatoms. The fraction of sp³-hybridized carbons (Fsp3) is 0.333. The molecule has 1 aromatic carbocycles. The molecule has 1 aliphatic rings. The predicted octanol–water partition coefficient (Wildman–Crippen LogP) is 3.09. The minimum absolute atomic E-state index is 0.246. The van der Waals surface area contributed by atoms with Crippen LogP contribution in [0.1, 0.15) is 28.8 Å². The number of fused-ring (bicyclic) bond motifs is 1. The molecule has 0 bridgehead atoms. The van der Waals surface area contributed by atoms with Crippen molar-refractivity contribution in [2.75, 3.05) is 18.8 Å². The van der Waals surface area contributed by atoms with E-state index in [2.05, 4.69) is 49.2 Å². The molecule has 0 spiro atoms. The summed E-state index contributed by atoms with van der Waals surface area (Å²) in [5.41, 5.74) is 11.1. The van der Waals surface area contributed by atoms with Crippen LogP contribution in [0, 0.1) is 0 Å². The van der Waals surface area contributed by atoms with Crippen molar-refractivity contribution in [2.45, 2.75) is 32.5 Å². The lowest BCUT2D eigenvalue weighted by molar-refractivity contribution is 0.285. The van der Waals surface area contributed by atoms with Gasteiger partial charge in [0.2, 0.25) is 0 Å². The predicted molar refractivity (Wildman–Crippen MR) is 116 cm³/mol. The van der Waals surface area contributed by atoms with Gasteiger partial charge in [-0.2, -0.15) is 15.1 Å². The molecule has 1 fully saturated rings. The van der Waals surface area contributed by atoms with Gasteiger partial charge in [0, 0.05) is 12.7 Å². The molecule has 4 heterocycles. The number of nitrogens with two attached hydrogens (primary N) is 1. The maximum atomic E-state index is 6.11. The average molecular weight is 422 g/mol. The summed E-state index contributed by atoms with van der Waals surface area (Å²) < 4.78 is 7.55. The fourth-order valence-electron chi connectivity index (χ4n) is 3.71. The third-order valence-corrected chi connectivity index (χ3v) is 6.05. The monoisotopic (exact) mass is 421 g/mol. The van der Waals surface area contributed by atoms with Gasteiger partial charge in [-0.3, -0.25) is 9.88 Å². The lowest BCUT2D eigenvalue weighted by atomic mass is 10.1. The SMILES string of the molecule is Nc1nc(OCc2cncs2)nc2c1cnn2Cc1ccc(CN2CCCC2)cc1. The molecule has 154 valence electrons. The Morgan fingerprint density at radius 1 is 1.00 bits per heavy atom. The number of rotatable bonds is 7. The van der Waals surface area contributed by atoms with Crippen LogP contribution in [-0.4, -0.2) is 42.7 Å². The summed E-state index contributed by atoms with van der Waals surface area (Å²) in [6, 6.07) is 8.96. The Balaban J connectivity index is 1.32. The normalized spacial score (nSPS) is 14.5. The average Bonchev–Trinajstić information content (AvgIpc) is 3.51. The zero-order chi connectivity index (χ0) is 20.3. The van der Waals surface area contributed by atoms with Gasteiger partial charge in [0.15, 0.2) is 5.65 Å². The Kier molecular flexibility index (Phi) is 5.29. The zero-order valence-corrected chi connectivity index (χ0v) is 17.4. The first-order valence-corrected chi connectivity index (χ1v) is 10.9. The lowest BCUT2D eigenvalue weighted by Gasteiger charge is -2.14. The topological polar surface area (TPSA) is 95.0 Å². The number of hydrogen-bond donors (Lipinski definition) is 1. The van der Waals surface area contributed by atoms with E-state index in [1.807, 2.05) is 4.68 Å². The number of nitrogen functional groups attached to an aromatic ring is 1. The number of hydrogen-bond acceptors (Lipinski definition) is 8.